The highest BCUT2D eigenvalue weighted by Gasteiger charge is 2.30. The van der Waals surface area contributed by atoms with Crippen LogP contribution in [0.4, 0.5) is 0 Å². The van der Waals surface area contributed by atoms with Gasteiger partial charge in [-0.25, -0.2) is 4.98 Å². The van der Waals surface area contributed by atoms with Crippen molar-refractivity contribution in [2.24, 2.45) is 5.92 Å². The first-order valence-electron chi connectivity index (χ1n) is 10.2. The van der Waals surface area contributed by atoms with E-state index in [4.69, 9.17) is 4.52 Å². The van der Waals surface area contributed by atoms with Gasteiger partial charge in [0, 0.05) is 49.0 Å². The molecule has 1 fully saturated rings. The number of hydrogen-bond donors (Lipinski definition) is 1. The molecule has 4 aromatic rings. The fourth-order valence-electron chi connectivity index (χ4n) is 4.04. The molecule has 9 nitrogen and oxygen atoms in total. The van der Waals surface area contributed by atoms with E-state index in [-0.39, 0.29) is 5.92 Å². The third kappa shape index (κ3) is 3.81. The Labute approximate surface area is 177 Å². The maximum absolute atomic E-state index is 12.9. The number of amides is 1. The summed E-state index contributed by atoms with van der Waals surface area (Å²) < 4.78 is 5.37. The Morgan fingerprint density at radius 2 is 2.13 bits per heavy atom. The Morgan fingerprint density at radius 3 is 3.00 bits per heavy atom. The standard InChI is InChI=1S/C22H20N6O3/c29-20(16-11-25-17-6-2-1-5-15(16)17)22(30)28-9-3-4-14(13-28)10-19-26-21(27-31-19)18-12-23-7-8-24-18/h1-2,5-8,11-12,14,25H,3-4,9-10,13H2/t14-/m1/s1. The Bertz CT molecular complexity index is 1230. The molecule has 0 unspecified atom stereocenters. The summed E-state index contributed by atoms with van der Waals surface area (Å²) in [6.45, 7) is 1.05. The van der Waals surface area contributed by atoms with Crippen LogP contribution >= 0.6 is 0 Å². The molecule has 3 aromatic heterocycles. The van der Waals surface area contributed by atoms with Crippen molar-refractivity contribution in [1.29, 1.82) is 0 Å². The normalized spacial score (nSPS) is 16.5. The zero-order valence-corrected chi connectivity index (χ0v) is 16.7. The van der Waals surface area contributed by atoms with E-state index in [1.807, 2.05) is 24.3 Å². The van der Waals surface area contributed by atoms with E-state index < -0.39 is 11.7 Å². The second kappa shape index (κ2) is 8.10. The quantitative estimate of drug-likeness (QED) is 0.392. The summed E-state index contributed by atoms with van der Waals surface area (Å²) >= 11 is 0. The van der Waals surface area contributed by atoms with Crippen molar-refractivity contribution in [2.45, 2.75) is 19.3 Å². The van der Waals surface area contributed by atoms with Gasteiger partial charge in [0.05, 0.1) is 11.8 Å². The molecule has 0 spiro atoms. The number of H-pyrrole nitrogens is 1. The molecular weight excluding hydrogens is 396 g/mol. The molecule has 1 aliphatic rings. The fourth-order valence-corrected chi connectivity index (χ4v) is 4.04. The second-order valence-electron chi connectivity index (χ2n) is 7.64. The molecule has 1 aromatic carbocycles. The van der Waals surface area contributed by atoms with Gasteiger partial charge in [-0.1, -0.05) is 23.4 Å². The first-order valence-corrected chi connectivity index (χ1v) is 10.2. The van der Waals surface area contributed by atoms with Crippen LogP contribution in [-0.4, -0.2) is 54.8 Å². The SMILES string of the molecule is O=C(C(=O)N1CCC[C@H](Cc2nc(-c3cnccn3)no2)C1)c1c[nH]c2ccccc12. The maximum atomic E-state index is 12.9. The van der Waals surface area contributed by atoms with E-state index in [2.05, 4.69) is 25.1 Å². The van der Waals surface area contributed by atoms with Crippen LogP contribution in [0.3, 0.4) is 0 Å². The van der Waals surface area contributed by atoms with Gasteiger partial charge in [-0.05, 0) is 24.8 Å². The highest BCUT2D eigenvalue weighted by Crippen LogP contribution is 2.24. The number of nitrogens with zero attached hydrogens (tertiary/aromatic N) is 5. The minimum absolute atomic E-state index is 0.142. The number of fused-ring (bicyclic) bond motifs is 1. The summed E-state index contributed by atoms with van der Waals surface area (Å²) in [7, 11) is 0. The van der Waals surface area contributed by atoms with Gasteiger partial charge in [0.2, 0.25) is 11.7 Å². The van der Waals surface area contributed by atoms with Crippen LogP contribution in [0.1, 0.15) is 29.1 Å². The number of para-hydroxylation sites is 1. The minimum Gasteiger partial charge on any atom is -0.360 e. The third-order valence-electron chi connectivity index (χ3n) is 5.56. The van der Waals surface area contributed by atoms with Crippen molar-refractivity contribution >= 4 is 22.6 Å². The number of carbonyl (C=O) groups excluding carboxylic acids is 2. The highest BCUT2D eigenvalue weighted by molar-refractivity contribution is 6.44. The summed E-state index contributed by atoms with van der Waals surface area (Å²) in [5.41, 5.74) is 1.79. The largest absolute Gasteiger partial charge is 0.360 e. The Kier molecular flexibility index (Phi) is 4.99. The first-order chi connectivity index (χ1) is 15.2. The molecule has 4 heterocycles. The van der Waals surface area contributed by atoms with Crippen molar-refractivity contribution in [3.63, 3.8) is 0 Å². The number of benzene rings is 1. The summed E-state index contributed by atoms with van der Waals surface area (Å²) in [4.78, 5) is 43.1. The average molecular weight is 416 g/mol. The smallest absolute Gasteiger partial charge is 0.295 e. The van der Waals surface area contributed by atoms with E-state index in [0.717, 1.165) is 23.7 Å². The third-order valence-corrected chi connectivity index (χ3v) is 5.56. The molecule has 1 amide bonds. The van der Waals surface area contributed by atoms with Crippen LogP contribution < -0.4 is 0 Å². The summed E-state index contributed by atoms with van der Waals surface area (Å²) in [6, 6.07) is 7.47. The van der Waals surface area contributed by atoms with E-state index in [1.54, 1.807) is 29.7 Å². The lowest BCUT2D eigenvalue weighted by atomic mass is 9.94. The number of Topliss-reactive ketones (excluding diaryl/α,β-unsaturated/α-hetero) is 1. The Balaban J connectivity index is 1.26. The highest BCUT2D eigenvalue weighted by atomic mass is 16.5. The van der Waals surface area contributed by atoms with Crippen LogP contribution in [0.5, 0.6) is 0 Å². The monoisotopic (exact) mass is 416 g/mol. The van der Waals surface area contributed by atoms with Gasteiger partial charge >= 0.3 is 0 Å². The second-order valence-corrected chi connectivity index (χ2v) is 7.64. The average Bonchev–Trinajstić information content (AvgIpc) is 3.46. The van der Waals surface area contributed by atoms with Gasteiger partial charge < -0.3 is 14.4 Å². The summed E-state index contributed by atoms with van der Waals surface area (Å²) in [5, 5.41) is 4.73. The molecule has 0 saturated carbocycles. The lowest BCUT2D eigenvalue weighted by Gasteiger charge is -2.31. The molecule has 1 aliphatic heterocycles. The van der Waals surface area contributed by atoms with Gasteiger partial charge in [-0.15, -0.1) is 0 Å². The summed E-state index contributed by atoms with van der Waals surface area (Å²) in [6.07, 6.45) is 8.62. The topological polar surface area (TPSA) is 118 Å². The summed E-state index contributed by atoms with van der Waals surface area (Å²) in [5.74, 6) is 0.0638. The number of likely N-dealkylation sites (tertiary alicyclic amines) is 1. The van der Waals surface area contributed by atoms with E-state index in [1.165, 1.54) is 0 Å². The molecule has 31 heavy (non-hydrogen) atoms. The molecule has 0 aliphatic carbocycles. The molecule has 1 saturated heterocycles. The number of aromatic nitrogens is 5. The predicted molar refractivity (Wildman–Crippen MR) is 111 cm³/mol. The number of rotatable bonds is 5. The molecule has 1 atom stereocenters. The molecule has 0 bridgehead atoms. The number of piperidine rings is 1. The number of nitrogens with one attached hydrogen (secondary N) is 1. The van der Waals surface area contributed by atoms with Crippen LogP contribution in [0.2, 0.25) is 0 Å². The van der Waals surface area contributed by atoms with Crippen molar-refractivity contribution < 1.29 is 14.1 Å². The van der Waals surface area contributed by atoms with Crippen molar-refractivity contribution in [1.82, 2.24) is 30.0 Å². The van der Waals surface area contributed by atoms with E-state index in [9.17, 15) is 9.59 Å². The van der Waals surface area contributed by atoms with Crippen LogP contribution in [0, 0.1) is 5.92 Å². The van der Waals surface area contributed by atoms with Crippen LogP contribution in [0.15, 0.2) is 53.6 Å². The lowest BCUT2D eigenvalue weighted by Crippen LogP contribution is -2.43. The van der Waals surface area contributed by atoms with Crippen LogP contribution in [-0.2, 0) is 11.2 Å². The predicted octanol–water partition coefficient (Wildman–Crippen LogP) is 2.67. The molecule has 156 valence electrons. The van der Waals surface area contributed by atoms with Crippen molar-refractivity contribution in [3.05, 3.63) is 60.5 Å². The Hall–Kier alpha value is -3.88. The number of aromatic amines is 1. The molecular formula is C22H20N6O3. The van der Waals surface area contributed by atoms with E-state index in [0.29, 0.717) is 42.5 Å². The minimum atomic E-state index is -0.485. The molecule has 1 N–H and O–H groups in total. The fraction of sp³-hybridized carbons (Fsp3) is 0.273. The van der Waals surface area contributed by atoms with Crippen molar-refractivity contribution in [2.75, 3.05) is 13.1 Å². The lowest BCUT2D eigenvalue weighted by molar-refractivity contribution is -0.128. The van der Waals surface area contributed by atoms with Gasteiger partial charge in [0.25, 0.3) is 11.7 Å². The van der Waals surface area contributed by atoms with E-state index >= 15 is 0 Å². The van der Waals surface area contributed by atoms with Gasteiger partial charge in [-0.2, -0.15) is 4.98 Å². The number of hydrogen-bond acceptors (Lipinski definition) is 7. The number of carbonyl (C=O) groups is 2. The molecule has 5 rings (SSSR count). The van der Waals surface area contributed by atoms with Gasteiger partial charge in [-0.3, -0.25) is 14.6 Å². The zero-order valence-electron chi connectivity index (χ0n) is 16.7. The Morgan fingerprint density at radius 1 is 1.23 bits per heavy atom. The molecule has 9 heteroatoms. The van der Waals surface area contributed by atoms with Crippen molar-refractivity contribution in [3.8, 4) is 11.5 Å². The maximum Gasteiger partial charge on any atom is 0.295 e. The van der Waals surface area contributed by atoms with Gasteiger partial charge in [0.15, 0.2) is 0 Å². The molecule has 0 radical (unpaired) electrons. The number of ketones is 1. The van der Waals surface area contributed by atoms with Gasteiger partial charge in [0.1, 0.15) is 5.69 Å². The van der Waals surface area contributed by atoms with Crippen LogP contribution in [0.25, 0.3) is 22.4 Å². The first kappa shape index (κ1) is 19.1. The zero-order chi connectivity index (χ0) is 21.2.